The number of carbonyl (C=O) groups is 3. The zero-order chi connectivity index (χ0) is 21.2. The van der Waals surface area contributed by atoms with E-state index in [2.05, 4.69) is 13.8 Å². The van der Waals surface area contributed by atoms with E-state index in [1.807, 2.05) is 13.0 Å². The van der Waals surface area contributed by atoms with E-state index in [4.69, 9.17) is 4.74 Å². The molecule has 0 aromatic heterocycles. The Morgan fingerprint density at radius 1 is 1.17 bits per heavy atom. The Kier molecular flexibility index (Phi) is 5.78. The van der Waals surface area contributed by atoms with E-state index in [1.54, 1.807) is 30.3 Å². The third-order valence-electron chi connectivity index (χ3n) is 6.89. The summed E-state index contributed by atoms with van der Waals surface area (Å²) in [6, 6.07) is 6.49. The molecule has 5 nitrogen and oxygen atoms in total. The van der Waals surface area contributed by atoms with E-state index < -0.39 is 23.4 Å². The number of ether oxygens (including phenoxy) is 1. The van der Waals surface area contributed by atoms with Crippen LogP contribution in [0.5, 0.6) is 5.75 Å². The summed E-state index contributed by atoms with van der Waals surface area (Å²) < 4.78 is 5.85. The van der Waals surface area contributed by atoms with Crippen LogP contribution < -0.4 is 0 Å². The SMILES string of the molecule is CC1(C)CCC(OC(=O)/C=C/c2ccc(O)cc2)C2(C)C(C=O)C(C=O)=CCC12. The lowest BCUT2D eigenvalue weighted by atomic mass is 9.48. The van der Waals surface area contributed by atoms with E-state index in [9.17, 15) is 19.5 Å². The number of hydrogen-bond acceptors (Lipinski definition) is 5. The van der Waals surface area contributed by atoms with Crippen LogP contribution >= 0.6 is 0 Å². The zero-order valence-corrected chi connectivity index (χ0v) is 17.1. The molecule has 1 fully saturated rings. The average Bonchev–Trinajstić information content (AvgIpc) is 2.69. The predicted molar refractivity (Wildman–Crippen MR) is 110 cm³/mol. The van der Waals surface area contributed by atoms with Crippen molar-refractivity contribution in [3.05, 3.63) is 47.6 Å². The van der Waals surface area contributed by atoms with Crippen LogP contribution in [0.25, 0.3) is 6.08 Å². The summed E-state index contributed by atoms with van der Waals surface area (Å²) in [4.78, 5) is 36.1. The first kappa shape index (κ1) is 21.0. The quantitative estimate of drug-likeness (QED) is 0.460. The number of esters is 1. The summed E-state index contributed by atoms with van der Waals surface area (Å²) in [7, 11) is 0. The maximum absolute atomic E-state index is 12.5. The lowest BCUT2D eigenvalue weighted by Crippen LogP contribution is -2.57. The van der Waals surface area contributed by atoms with Crippen molar-refractivity contribution in [3.8, 4) is 5.75 Å². The monoisotopic (exact) mass is 396 g/mol. The van der Waals surface area contributed by atoms with Gasteiger partial charge in [0.05, 0.1) is 5.92 Å². The van der Waals surface area contributed by atoms with Crippen LogP contribution in [0.15, 0.2) is 42.0 Å². The summed E-state index contributed by atoms with van der Waals surface area (Å²) in [5.74, 6) is -0.780. The van der Waals surface area contributed by atoms with Crippen molar-refractivity contribution < 1.29 is 24.2 Å². The highest BCUT2D eigenvalue weighted by molar-refractivity contribution is 5.87. The van der Waals surface area contributed by atoms with Gasteiger partial charge in [0, 0.05) is 11.5 Å². The van der Waals surface area contributed by atoms with Gasteiger partial charge in [0.15, 0.2) is 0 Å². The molecular formula is C24H28O5. The van der Waals surface area contributed by atoms with Crippen molar-refractivity contribution in [2.75, 3.05) is 0 Å². The van der Waals surface area contributed by atoms with Crippen LogP contribution in [-0.2, 0) is 19.1 Å². The fraction of sp³-hybridized carbons (Fsp3) is 0.458. The number of benzene rings is 1. The second-order valence-corrected chi connectivity index (χ2v) is 8.97. The Balaban J connectivity index is 1.85. The molecule has 0 amide bonds. The molecule has 154 valence electrons. The number of aromatic hydroxyl groups is 1. The van der Waals surface area contributed by atoms with Crippen LogP contribution in [0.1, 0.15) is 45.6 Å². The van der Waals surface area contributed by atoms with Gasteiger partial charge in [0.1, 0.15) is 24.4 Å². The van der Waals surface area contributed by atoms with Crippen molar-refractivity contribution in [2.45, 2.75) is 46.1 Å². The van der Waals surface area contributed by atoms with Crippen molar-refractivity contribution in [2.24, 2.45) is 22.7 Å². The van der Waals surface area contributed by atoms with Gasteiger partial charge in [-0.1, -0.05) is 39.0 Å². The minimum Gasteiger partial charge on any atom is -0.508 e. The molecule has 2 aliphatic rings. The third-order valence-corrected chi connectivity index (χ3v) is 6.89. The van der Waals surface area contributed by atoms with Gasteiger partial charge in [-0.25, -0.2) is 4.79 Å². The van der Waals surface area contributed by atoms with Crippen molar-refractivity contribution in [3.63, 3.8) is 0 Å². The molecule has 1 aromatic carbocycles. The topological polar surface area (TPSA) is 80.7 Å². The standard InChI is InChI=1S/C24H28O5/c1-23(2)13-12-21(24(3)19(15-26)17(14-25)7-10-20(23)24)29-22(28)11-6-16-4-8-18(27)9-5-16/h4-9,11,14-15,19-21,27H,10,12-13H2,1-3H3/b11-6+. The summed E-state index contributed by atoms with van der Waals surface area (Å²) in [6.45, 7) is 6.34. The van der Waals surface area contributed by atoms with E-state index in [0.29, 0.717) is 18.4 Å². The first-order chi connectivity index (χ1) is 13.7. The molecule has 0 saturated heterocycles. The fourth-order valence-corrected chi connectivity index (χ4v) is 5.25. The van der Waals surface area contributed by atoms with Gasteiger partial charge in [0.2, 0.25) is 0 Å². The van der Waals surface area contributed by atoms with E-state index in [1.165, 1.54) is 6.08 Å². The van der Waals surface area contributed by atoms with Gasteiger partial charge in [-0.3, -0.25) is 4.79 Å². The third kappa shape index (κ3) is 3.91. The number of hydrogen-bond donors (Lipinski definition) is 1. The molecule has 2 aliphatic carbocycles. The highest BCUT2D eigenvalue weighted by atomic mass is 16.5. The highest BCUT2D eigenvalue weighted by Crippen LogP contribution is 2.59. The Bertz CT molecular complexity index is 849. The van der Waals surface area contributed by atoms with Crippen LogP contribution in [0.4, 0.5) is 0 Å². The van der Waals surface area contributed by atoms with Gasteiger partial charge in [-0.15, -0.1) is 0 Å². The van der Waals surface area contributed by atoms with Gasteiger partial charge < -0.3 is 14.6 Å². The molecule has 1 saturated carbocycles. The molecule has 0 radical (unpaired) electrons. The van der Waals surface area contributed by atoms with Crippen LogP contribution in [0.3, 0.4) is 0 Å². The number of rotatable bonds is 5. The molecule has 0 heterocycles. The number of allylic oxidation sites excluding steroid dienone is 2. The largest absolute Gasteiger partial charge is 0.508 e. The number of phenolic OH excluding ortho intramolecular Hbond substituents is 1. The summed E-state index contributed by atoms with van der Waals surface area (Å²) >= 11 is 0. The van der Waals surface area contributed by atoms with Crippen molar-refractivity contribution >= 4 is 24.6 Å². The number of phenols is 1. The molecule has 1 aromatic rings. The Hall–Kier alpha value is -2.69. The molecule has 0 aliphatic heterocycles. The molecule has 0 bridgehead atoms. The first-order valence-corrected chi connectivity index (χ1v) is 10.0. The second kappa shape index (κ2) is 7.97. The molecule has 0 spiro atoms. The average molecular weight is 396 g/mol. The number of fused-ring (bicyclic) bond motifs is 1. The normalized spacial score (nSPS) is 30.9. The molecule has 4 unspecified atom stereocenters. The van der Waals surface area contributed by atoms with E-state index in [-0.39, 0.29) is 17.1 Å². The van der Waals surface area contributed by atoms with Gasteiger partial charge >= 0.3 is 5.97 Å². The molecule has 29 heavy (non-hydrogen) atoms. The summed E-state index contributed by atoms with van der Waals surface area (Å²) in [6.07, 6.45) is 8.22. The van der Waals surface area contributed by atoms with Gasteiger partial charge in [-0.05, 0) is 59.9 Å². The summed E-state index contributed by atoms with van der Waals surface area (Å²) in [5, 5.41) is 9.35. The maximum atomic E-state index is 12.5. The zero-order valence-electron chi connectivity index (χ0n) is 17.1. The molecule has 3 rings (SSSR count). The summed E-state index contributed by atoms with van der Waals surface area (Å²) in [5.41, 5.74) is 0.600. The van der Waals surface area contributed by atoms with Crippen LogP contribution in [0, 0.1) is 22.7 Å². The minimum atomic E-state index is -0.628. The lowest BCUT2D eigenvalue weighted by Gasteiger charge is -2.57. The Labute approximate surface area is 171 Å². The van der Waals surface area contributed by atoms with E-state index >= 15 is 0 Å². The predicted octanol–water partition coefficient (Wildman–Crippen LogP) is 4.10. The molecule has 5 heteroatoms. The maximum Gasteiger partial charge on any atom is 0.331 e. The van der Waals surface area contributed by atoms with E-state index in [0.717, 1.165) is 24.6 Å². The van der Waals surface area contributed by atoms with Crippen LogP contribution in [0.2, 0.25) is 0 Å². The molecular weight excluding hydrogens is 368 g/mol. The van der Waals surface area contributed by atoms with Gasteiger partial charge in [0.25, 0.3) is 0 Å². The molecule has 4 atom stereocenters. The fourth-order valence-electron chi connectivity index (χ4n) is 5.25. The Morgan fingerprint density at radius 3 is 2.48 bits per heavy atom. The smallest absolute Gasteiger partial charge is 0.331 e. The van der Waals surface area contributed by atoms with Crippen molar-refractivity contribution in [1.29, 1.82) is 0 Å². The van der Waals surface area contributed by atoms with Crippen LogP contribution in [-0.4, -0.2) is 29.8 Å². The van der Waals surface area contributed by atoms with Crippen molar-refractivity contribution in [1.82, 2.24) is 0 Å². The highest BCUT2D eigenvalue weighted by Gasteiger charge is 2.58. The Morgan fingerprint density at radius 2 is 1.86 bits per heavy atom. The number of carbonyl (C=O) groups excluding carboxylic acids is 3. The molecule has 1 N–H and O–H groups in total. The first-order valence-electron chi connectivity index (χ1n) is 10.0. The lowest BCUT2D eigenvalue weighted by molar-refractivity contribution is -0.175. The second-order valence-electron chi connectivity index (χ2n) is 8.97. The number of aldehydes is 2. The minimum absolute atomic E-state index is 0.0221. The van der Waals surface area contributed by atoms with Gasteiger partial charge in [-0.2, -0.15) is 0 Å².